The van der Waals surface area contributed by atoms with E-state index in [4.69, 9.17) is 15.5 Å². The predicted molar refractivity (Wildman–Crippen MR) is 91.4 cm³/mol. The number of likely N-dealkylation sites (tertiary alicyclic amines) is 1. The minimum absolute atomic E-state index is 0.326. The molecule has 1 atom stereocenters. The second kappa shape index (κ2) is 7.94. The topological polar surface area (TPSA) is 54.1 Å². The summed E-state index contributed by atoms with van der Waals surface area (Å²) in [6.45, 7) is 6.42. The summed E-state index contributed by atoms with van der Waals surface area (Å²) in [4.78, 5) is 10.8. The number of ether oxygens (including phenoxy) is 1. The molecule has 1 aromatic heterocycles. The lowest BCUT2D eigenvalue weighted by Gasteiger charge is -2.33. The van der Waals surface area contributed by atoms with Gasteiger partial charge in [-0.05, 0) is 30.7 Å². The molecule has 3 rings (SSSR count). The van der Waals surface area contributed by atoms with Crippen molar-refractivity contribution in [3.63, 3.8) is 0 Å². The smallest absolute Gasteiger partial charge is 0.191 e. The molecule has 0 bridgehead atoms. The largest absolute Gasteiger partial charge is 0.379 e. The van der Waals surface area contributed by atoms with Crippen LogP contribution in [0, 0.1) is 0 Å². The highest BCUT2D eigenvalue weighted by Gasteiger charge is 2.23. The van der Waals surface area contributed by atoms with Gasteiger partial charge in [0.25, 0.3) is 0 Å². The molecule has 6 heteroatoms. The Kier molecular flexibility index (Phi) is 5.70. The highest BCUT2D eigenvalue weighted by molar-refractivity contribution is 7.10. The zero-order chi connectivity index (χ0) is 15.2. The Bertz CT molecular complexity index is 465. The molecule has 0 radical (unpaired) electrons. The van der Waals surface area contributed by atoms with Gasteiger partial charge in [-0.15, -0.1) is 11.3 Å². The Morgan fingerprint density at radius 1 is 1.23 bits per heavy atom. The van der Waals surface area contributed by atoms with Gasteiger partial charge in [0.1, 0.15) is 0 Å². The Balaban J connectivity index is 1.66. The van der Waals surface area contributed by atoms with Gasteiger partial charge in [0.05, 0.1) is 25.8 Å². The average molecular weight is 322 g/mol. The third-order valence-electron chi connectivity index (χ3n) is 4.46. The summed E-state index contributed by atoms with van der Waals surface area (Å²) in [6.07, 6.45) is 3.78. The summed E-state index contributed by atoms with van der Waals surface area (Å²) in [7, 11) is 0. The Hall–Kier alpha value is -1.11. The van der Waals surface area contributed by atoms with Crippen molar-refractivity contribution in [2.24, 2.45) is 10.7 Å². The second-order valence-electron chi connectivity index (χ2n) is 5.93. The van der Waals surface area contributed by atoms with Crippen molar-refractivity contribution in [2.75, 3.05) is 45.9 Å². The van der Waals surface area contributed by atoms with Crippen LogP contribution in [0.5, 0.6) is 0 Å². The van der Waals surface area contributed by atoms with E-state index >= 15 is 0 Å². The number of rotatable bonds is 4. The molecule has 1 aromatic rings. The summed E-state index contributed by atoms with van der Waals surface area (Å²) >= 11 is 1.81. The van der Waals surface area contributed by atoms with Gasteiger partial charge in [0.15, 0.2) is 5.96 Å². The van der Waals surface area contributed by atoms with E-state index in [2.05, 4.69) is 27.3 Å². The maximum absolute atomic E-state index is 6.22. The summed E-state index contributed by atoms with van der Waals surface area (Å²) in [6, 6.07) is 4.65. The number of morpholine rings is 1. The lowest BCUT2D eigenvalue weighted by Crippen LogP contribution is -2.42. The van der Waals surface area contributed by atoms with Crippen molar-refractivity contribution in [1.29, 1.82) is 0 Å². The number of nitrogens with zero attached hydrogens (tertiary/aromatic N) is 3. The first kappa shape index (κ1) is 15.8. The fourth-order valence-corrected chi connectivity index (χ4v) is 4.01. The molecular formula is C16H26N4OS. The molecule has 3 heterocycles. The molecule has 2 N–H and O–H groups in total. The number of aliphatic imine (C=N–C) groups is 1. The molecule has 0 aliphatic carbocycles. The first-order valence-electron chi connectivity index (χ1n) is 8.24. The quantitative estimate of drug-likeness (QED) is 0.680. The van der Waals surface area contributed by atoms with Gasteiger partial charge in [-0.25, -0.2) is 0 Å². The Morgan fingerprint density at radius 2 is 2.00 bits per heavy atom. The molecule has 0 aromatic carbocycles. The number of guanidine groups is 1. The third-order valence-corrected chi connectivity index (χ3v) is 5.44. The van der Waals surface area contributed by atoms with E-state index in [1.807, 2.05) is 0 Å². The van der Waals surface area contributed by atoms with Crippen LogP contribution in [0.1, 0.15) is 30.2 Å². The van der Waals surface area contributed by atoms with Gasteiger partial charge in [0, 0.05) is 31.1 Å². The molecule has 2 fully saturated rings. The van der Waals surface area contributed by atoms with Crippen molar-refractivity contribution < 1.29 is 4.74 Å². The molecule has 0 spiro atoms. The van der Waals surface area contributed by atoms with Crippen molar-refractivity contribution >= 4 is 17.3 Å². The third kappa shape index (κ3) is 4.00. The van der Waals surface area contributed by atoms with Gasteiger partial charge in [-0.1, -0.05) is 6.07 Å². The molecular weight excluding hydrogens is 296 g/mol. The van der Waals surface area contributed by atoms with Gasteiger partial charge in [-0.3, -0.25) is 9.89 Å². The first-order chi connectivity index (χ1) is 10.8. The van der Waals surface area contributed by atoms with E-state index in [-0.39, 0.29) is 0 Å². The Labute approximate surface area is 136 Å². The minimum atomic E-state index is 0.326. The van der Waals surface area contributed by atoms with Crippen LogP contribution in [0.25, 0.3) is 0 Å². The first-order valence-corrected chi connectivity index (χ1v) is 9.12. The monoisotopic (exact) mass is 322 g/mol. The highest BCUT2D eigenvalue weighted by Crippen LogP contribution is 2.26. The van der Waals surface area contributed by atoms with Crippen molar-refractivity contribution in [1.82, 2.24) is 9.80 Å². The van der Waals surface area contributed by atoms with Crippen molar-refractivity contribution in [3.8, 4) is 0 Å². The van der Waals surface area contributed by atoms with Gasteiger partial charge in [0.2, 0.25) is 0 Å². The molecule has 22 heavy (non-hydrogen) atoms. The van der Waals surface area contributed by atoms with Crippen LogP contribution in [0.15, 0.2) is 22.5 Å². The van der Waals surface area contributed by atoms with E-state index in [0.717, 1.165) is 51.9 Å². The van der Waals surface area contributed by atoms with Crippen LogP contribution in [-0.4, -0.2) is 61.7 Å². The number of hydrogen-bond acceptors (Lipinski definition) is 4. The fourth-order valence-electron chi connectivity index (χ4n) is 3.16. The van der Waals surface area contributed by atoms with E-state index in [9.17, 15) is 0 Å². The van der Waals surface area contributed by atoms with Gasteiger partial charge >= 0.3 is 0 Å². The molecule has 5 nitrogen and oxygen atoms in total. The fraction of sp³-hybridized carbons (Fsp3) is 0.688. The summed E-state index contributed by atoms with van der Waals surface area (Å²) in [5.74, 6) is 0.717. The zero-order valence-electron chi connectivity index (χ0n) is 13.1. The molecule has 0 saturated carbocycles. The Morgan fingerprint density at radius 3 is 2.68 bits per heavy atom. The lowest BCUT2D eigenvalue weighted by molar-refractivity contribution is 0.0186. The zero-order valence-corrected chi connectivity index (χ0v) is 13.9. The van der Waals surface area contributed by atoms with Gasteiger partial charge in [-0.2, -0.15) is 0 Å². The normalized spacial score (nSPS) is 22.7. The van der Waals surface area contributed by atoms with Crippen LogP contribution < -0.4 is 5.73 Å². The number of hydrogen-bond donors (Lipinski definition) is 1. The van der Waals surface area contributed by atoms with Gasteiger partial charge < -0.3 is 15.4 Å². The predicted octanol–water partition coefficient (Wildman–Crippen LogP) is 1.92. The van der Waals surface area contributed by atoms with Crippen LogP contribution in [-0.2, 0) is 4.74 Å². The summed E-state index contributed by atoms with van der Waals surface area (Å²) in [5, 5.41) is 2.14. The second-order valence-corrected chi connectivity index (χ2v) is 6.91. The number of nitrogens with two attached hydrogens (primary N) is 1. The average Bonchev–Trinajstić information content (AvgIpc) is 3.11. The molecule has 0 amide bonds. The molecule has 1 unspecified atom stereocenters. The minimum Gasteiger partial charge on any atom is -0.379 e. The van der Waals surface area contributed by atoms with Crippen LogP contribution >= 0.6 is 11.3 Å². The highest BCUT2D eigenvalue weighted by atomic mass is 32.1. The summed E-state index contributed by atoms with van der Waals surface area (Å²) < 4.78 is 5.48. The molecule has 2 saturated heterocycles. The summed E-state index contributed by atoms with van der Waals surface area (Å²) in [5.41, 5.74) is 6.22. The van der Waals surface area contributed by atoms with E-state index in [1.54, 1.807) is 11.3 Å². The lowest BCUT2D eigenvalue weighted by atomic mass is 10.1. The van der Waals surface area contributed by atoms with Crippen LogP contribution in [0.2, 0.25) is 0 Å². The molecule has 122 valence electrons. The van der Waals surface area contributed by atoms with Crippen LogP contribution in [0.4, 0.5) is 0 Å². The standard InChI is InChI=1S/C16H26N4OS/c17-16(20-6-2-1-3-7-20)18-13-14(15-5-4-12-22-15)19-8-10-21-11-9-19/h4-5,12,14H,1-3,6-11,13H2,(H2,17,18). The SMILES string of the molecule is NC(=NCC(c1cccs1)N1CCOCC1)N1CCCCC1. The van der Waals surface area contributed by atoms with Crippen molar-refractivity contribution in [3.05, 3.63) is 22.4 Å². The molecule has 2 aliphatic rings. The van der Waals surface area contributed by atoms with Crippen molar-refractivity contribution in [2.45, 2.75) is 25.3 Å². The van der Waals surface area contributed by atoms with E-state index < -0.39 is 0 Å². The maximum atomic E-state index is 6.22. The number of thiophene rings is 1. The molecule has 2 aliphatic heterocycles. The number of piperidine rings is 1. The maximum Gasteiger partial charge on any atom is 0.191 e. The van der Waals surface area contributed by atoms with E-state index in [1.165, 1.54) is 24.1 Å². The van der Waals surface area contributed by atoms with Crippen LogP contribution in [0.3, 0.4) is 0 Å². The van der Waals surface area contributed by atoms with E-state index in [0.29, 0.717) is 6.04 Å².